The number of pyridine rings is 1. The summed E-state index contributed by atoms with van der Waals surface area (Å²) in [6.45, 7) is 0. The van der Waals surface area contributed by atoms with Crippen LogP contribution in [-0.4, -0.2) is 17.3 Å². The van der Waals surface area contributed by atoms with Crippen molar-refractivity contribution in [2.75, 3.05) is 7.11 Å². The van der Waals surface area contributed by atoms with Gasteiger partial charge >= 0.3 is 0 Å². The predicted octanol–water partition coefficient (Wildman–Crippen LogP) is 3.06. The van der Waals surface area contributed by atoms with Crippen molar-refractivity contribution in [2.24, 2.45) is 0 Å². The molecule has 0 atom stereocenters. The van der Waals surface area contributed by atoms with Gasteiger partial charge in [0.1, 0.15) is 5.69 Å². The zero-order valence-electron chi connectivity index (χ0n) is 7.43. The largest absolute Gasteiger partial charge is 0.481 e. The Morgan fingerprint density at radius 2 is 2.20 bits per heavy atom. The normalized spacial score (nSPS) is 10.5. The molecular weight excluding hydrogens is 251 g/mol. The van der Waals surface area contributed by atoms with Gasteiger partial charge in [-0.25, -0.2) is 13.8 Å². The van der Waals surface area contributed by atoms with E-state index in [9.17, 15) is 13.6 Å². The molecule has 0 aromatic carbocycles. The third-order valence-electron chi connectivity index (χ3n) is 1.59. The molecule has 1 heterocycles. The molecule has 0 fully saturated rings. The highest BCUT2D eigenvalue weighted by atomic mass is 35.5. The summed E-state index contributed by atoms with van der Waals surface area (Å²) >= 11 is 10.7. The third-order valence-corrected chi connectivity index (χ3v) is 2.17. The summed E-state index contributed by atoms with van der Waals surface area (Å²) in [4.78, 5) is 14.4. The van der Waals surface area contributed by atoms with Crippen molar-refractivity contribution in [1.82, 2.24) is 4.98 Å². The van der Waals surface area contributed by atoms with Crippen LogP contribution in [0.1, 0.15) is 22.5 Å². The van der Waals surface area contributed by atoms with Crippen LogP contribution in [0.4, 0.5) is 8.78 Å². The van der Waals surface area contributed by atoms with Crippen LogP contribution in [0, 0.1) is 0 Å². The first-order valence-electron chi connectivity index (χ1n) is 3.69. The highest BCUT2D eigenvalue weighted by Crippen LogP contribution is 2.32. The molecule has 7 heteroatoms. The summed E-state index contributed by atoms with van der Waals surface area (Å²) in [5, 5.41) is -1.47. The number of hydrogen-bond acceptors (Lipinski definition) is 3. The summed E-state index contributed by atoms with van der Waals surface area (Å²) in [5.74, 6) is -0.140. The molecular formula is C8H5Cl2F2NO2. The fourth-order valence-electron chi connectivity index (χ4n) is 0.918. The van der Waals surface area contributed by atoms with E-state index in [-0.39, 0.29) is 5.88 Å². The Balaban J connectivity index is 3.40. The van der Waals surface area contributed by atoms with E-state index in [4.69, 9.17) is 23.2 Å². The lowest BCUT2D eigenvalue weighted by Crippen LogP contribution is -2.02. The monoisotopic (exact) mass is 255 g/mol. The van der Waals surface area contributed by atoms with E-state index in [0.717, 1.165) is 6.07 Å². The van der Waals surface area contributed by atoms with Crippen molar-refractivity contribution in [3.8, 4) is 5.88 Å². The van der Waals surface area contributed by atoms with Gasteiger partial charge in [-0.15, -0.1) is 0 Å². The molecule has 82 valence electrons. The Morgan fingerprint density at radius 1 is 1.60 bits per heavy atom. The van der Waals surface area contributed by atoms with Crippen LogP contribution >= 0.6 is 23.2 Å². The summed E-state index contributed by atoms with van der Waals surface area (Å²) < 4.78 is 29.6. The molecule has 0 saturated carbocycles. The average Bonchev–Trinajstić information content (AvgIpc) is 2.17. The number of ether oxygens (including phenoxy) is 1. The zero-order valence-corrected chi connectivity index (χ0v) is 8.94. The van der Waals surface area contributed by atoms with Gasteiger partial charge in [-0.3, -0.25) is 4.79 Å². The number of aromatic nitrogens is 1. The molecule has 1 rings (SSSR count). The average molecular weight is 256 g/mol. The Hall–Kier alpha value is -0.940. The number of rotatable bonds is 3. The maximum atomic E-state index is 12.5. The molecule has 0 saturated heterocycles. The highest BCUT2D eigenvalue weighted by Gasteiger charge is 2.21. The van der Waals surface area contributed by atoms with Crippen molar-refractivity contribution in [3.63, 3.8) is 0 Å². The van der Waals surface area contributed by atoms with Gasteiger partial charge in [0, 0.05) is 11.6 Å². The topological polar surface area (TPSA) is 39.2 Å². The van der Waals surface area contributed by atoms with Crippen molar-refractivity contribution in [2.45, 2.75) is 6.43 Å². The second-order valence-corrected chi connectivity index (χ2v) is 3.21. The van der Waals surface area contributed by atoms with Crippen LogP contribution in [0.3, 0.4) is 0 Å². The maximum absolute atomic E-state index is 12.5. The second-order valence-electron chi connectivity index (χ2n) is 2.49. The first-order chi connectivity index (χ1) is 6.97. The Kier molecular flexibility index (Phi) is 3.82. The molecule has 0 N–H and O–H groups in total. The SMILES string of the molecule is COc1cc(C(F)F)c(Cl)c(C(=O)Cl)n1. The quantitative estimate of drug-likeness (QED) is 0.780. The number of halogens is 4. The first kappa shape index (κ1) is 12.1. The molecule has 1 aromatic heterocycles. The predicted molar refractivity (Wildman–Crippen MR) is 50.9 cm³/mol. The Morgan fingerprint density at radius 3 is 2.60 bits per heavy atom. The van der Waals surface area contributed by atoms with Crippen LogP contribution in [0.15, 0.2) is 6.07 Å². The molecule has 0 aliphatic carbocycles. The van der Waals surface area contributed by atoms with Crippen molar-refractivity contribution >= 4 is 28.4 Å². The summed E-state index contributed by atoms with van der Waals surface area (Å²) in [6, 6.07) is 0.955. The van der Waals surface area contributed by atoms with Crippen molar-refractivity contribution in [3.05, 3.63) is 22.3 Å². The van der Waals surface area contributed by atoms with Gasteiger partial charge in [0.05, 0.1) is 12.1 Å². The number of hydrogen-bond donors (Lipinski definition) is 0. The Labute approximate surface area is 94.0 Å². The smallest absolute Gasteiger partial charge is 0.272 e. The fourth-order valence-corrected chi connectivity index (χ4v) is 1.37. The number of alkyl halides is 2. The van der Waals surface area contributed by atoms with Crippen molar-refractivity contribution < 1.29 is 18.3 Å². The summed E-state index contributed by atoms with van der Waals surface area (Å²) in [6.07, 6.45) is -2.83. The number of methoxy groups -OCH3 is 1. The molecule has 0 bridgehead atoms. The minimum absolute atomic E-state index is 0.140. The minimum Gasteiger partial charge on any atom is -0.481 e. The third kappa shape index (κ3) is 2.54. The number of carbonyl (C=O) groups is 1. The molecule has 0 amide bonds. The van der Waals surface area contributed by atoms with E-state index in [0.29, 0.717) is 0 Å². The molecule has 3 nitrogen and oxygen atoms in total. The summed E-state index contributed by atoms with van der Waals surface area (Å²) in [7, 11) is 1.23. The Bertz CT molecular complexity index is 398. The van der Waals surface area contributed by atoms with Crippen molar-refractivity contribution in [1.29, 1.82) is 0 Å². The lowest BCUT2D eigenvalue weighted by molar-refractivity contribution is 0.107. The first-order valence-corrected chi connectivity index (χ1v) is 4.45. The van der Waals surface area contributed by atoms with Crippen LogP contribution in [-0.2, 0) is 0 Å². The van der Waals surface area contributed by atoms with E-state index in [2.05, 4.69) is 9.72 Å². The summed E-state index contributed by atoms with van der Waals surface area (Å²) in [5.41, 5.74) is -0.972. The van der Waals surface area contributed by atoms with Gasteiger partial charge in [0.25, 0.3) is 11.7 Å². The lowest BCUT2D eigenvalue weighted by atomic mass is 10.2. The van der Waals surface area contributed by atoms with E-state index in [1.807, 2.05) is 0 Å². The minimum atomic E-state index is -2.83. The van der Waals surface area contributed by atoms with E-state index < -0.39 is 27.9 Å². The zero-order chi connectivity index (χ0) is 11.6. The van der Waals surface area contributed by atoms with Gasteiger partial charge in [0.15, 0.2) is 0 Å². The van der Waals surface area contributed by atoms with E-state index in [1.54, 1.807) is 0 Å². The standard InChI is InChI=1S/C8H5Cl2F2NO2/c1-15-4-2-3(8(11)12)5(9)6(13-4)7(10)14/h2,8H,1H3. The molecule has 15 heavy (non-hydrogen) atoms. The molecule has 0 aliphatic rings. The maximum Gasteiger partial charge on any atom is 0.272 e. The van der Waals surface area contributed by atoms with E-state index >= 15 is 0 Å². The highest BCUT2D eigenvalue weighted by molar-refractivity contribution is 6.68. The van der Waals surface area contributed by atoms with Gasteiger partial charge in [-0.05, 0) is 11.6 Å². The second kappa shape index (κ2) is 4.72. The molecule has 1 aromatic rings. The molecule has 0 spiro atoms. The molecule has 0 aliphatic heterocycles. The van der Waals surface area contributed by atoms with Crippen LogP contribution in [0.2, 0.25) is 5.02 Å². The number of carbonyl (C=O) groups excluding carboxylic acids is 1. The van der Waals surface area contributed by atoms with Gasteiger partial charge in [-0.1, -0.05) is 11.6 Å². The lowest BCUT2D eigenvalue weighted by Gasteiger charge is -2.08. The molecule has 0 radical (unpaired) electrons. The van der Waals surface area contributed by atoms with Gasteiger partial charge in [0.2, 0.25) is 5.88 Å². The van der Waals surface area contributed by atoms with Crippen LogP contribution in [0.5, 0.6) is 5.88 Å². The fraction of sp³-hybridized carbons (Fsp3) is 0.250. The van der Waals surface area contributed by atoms with Gasteiger partial charge in [-0.2, -0.15) is 0 Å². The van der Waals surface area contributed by atoms with Crippen LogP contribution < -0.4 is 4.74 Å². The molecule has 0 unspecified atom stereocenters. The van der Waals surface area contributed by atoms with Crippen LogP contribution in [0.25, 0.3) is 0 Å². The number of nitrogens with zero attached hydrogens (tertiary/aromatic N) is 1. The van der Waals surface area contributed by atoms with E-state index in [1.165, 1.54) is 7.11 Å². The van der Waals surface area contributed by atoms with Gasteiger partial charge < -0.3 is 4.74 Å².